The number of aryl methyl sites for hydroxylation is 1. The smallest absolute Gasteiger partial charge is 0.251 e. The molecule has 1 fully saturated rings. The van der Waals surface area contributed by atoms with Crippen molar-refractivity contribution in [2.24, 2.45) is 0 Å². The second-order valence-electron chi connectivity index (χ2n) is 4.68. The van der Waals surface area contributed by atoms with Crippen LogP contribution in [-0.2, 0) is 0 Å². The summed E-state index contributed by atoms with van der Waals surface area (Å²) in [5.74, 6) is 0.0390. The highest BCUT2D eigenvalue weighted by Crippen LogP contribution is 2.19. The van der Waals surface area contributed by atoms with Crippen LogP contribution < -0.4 is 10.6 Å². The Balaban J connectivity index is 1.98. The minimum Gasteiger partial charge on any atom is -0.350 e. The lowest BCUT2D eigenvalue weighted by Gasteiger charge is -2.13. The number of carbonyl (C=O) groups excluding carboxylic acids is 1. The van der Waals surface area contributed by atoms with Gasteiger partial charge in [0.05, 0.1) is 0 Å². The van der Waals surface area contributed by atoms with Crippen LogP contribution in [-0.4, -0.2) is 31.3 Å². The number of amides is 1. The summed E-state index contributed by atoms with van der Waals surface area (Å²) in [7, 11) is 0. The minimum atomic E-state index is 0.0390. The first-order chi connectivity index (χ1) is 8.70. The molecule has 1 amide bonds. The molecule has 1 aliphatic rings. The SMILES string of the molecule is CSc1ccc(C)c(C(=O)NCC2CCCN2)c1. The molecule has 1 unspecified atom stereocenters. The molecular weight excluding hydrogens is 244 g/mol. The molecule has 18 heavy (non-hydrogen) atoms. The van der Waals surface area contributed by atoms with Crippen LogP contribution in [0.1, 0.15) is 28.8 Å². The Morgan fingerprint density at radius 3 is 3.06 bits per heavy atom. The van der Waals surface area contributed by atoms with Gasteiger partial charge in [-0.05, 0) is 50.3 Å². The van der Waals surface area contributed by atoms with E-state index in [1.807, 2.05) is 25.3 Å². The van der Waals surface area contributed by atoms with Gasteiger partial charge in [-0.1, -0.05) is 6.07 Å². The number of carbonyl (C=O) groups is 1. The quantitative estimate of drug-likeness (QED) is 0.819. The van der Waals surface area contributed by atoms with Crippen molar-refractivity contribution in [2.45, 2.75) is 30.7 Å². The maximum Gasteiger partial charge on any atom is 0.251 e. The maximum absolute atomic E-state index is 12.1. The van der Waals surface area contributed by atoms with Gasteiger partial charge in [-0.25, -0.2) is 0 Å². The third-order valence-electron chi connectivity index (χ3n) is 3.36. The molecule has 2 rings (SSSR count). The van der Waals surface area contributed by atoms with Crippen molar-refractivity contribution < 1.29 is 4.79 Å². The van der Waals surface area contributed by atoms with Gasteiger partial charge >= 0.3 is 0 Å². The third kappa shape index (κ3) is 3.27. The molecule has 0 radical (unpaired) electrons. The zero-order chi connectivity index (χ0) is 13.0. The first-order valence-electron chi connectivity index (χ1n) is 6.37. The molecule has 1 aliphatic heterocycles. The van der Waals surface area contributed by atoms with Gasteiger partial charge in [0.1, 0.15) is 0 Å². The van der Waals surface area contributed by atoms with Crippen molar-refractivity contribution in [1.29, 1.82) is 0 Å². The van der Waals surface area contributed by atoms with E-state index in [-0.39, 0.29) is 5.91 Å². The molecule has 1 heterocycles. The number of hydrogen-bond acceptors (Lipinski definition) is 3. The zero-order valence-corrected chi connectivity index (χ0v) is 11.8. The highest BCUT2D eigenvalue weighted by atomic mass is 32.2. The summed E-state index contributed by atoms with van der Waals surface area (Å²) >= 11 is 1.66. The fourth-order valence-corrected chi connectivity index (χ4v) is 2.65. The maximum atomic E-state index is 12.1. The molecule has 4 heteroatoms. The molecule has 1 aromatic carbocycles. The molecule has 0 saturated carbocycles. The van der Waals surface area contributed by atoms with Crippen LogP contribution in [0.2, 0.25) is 0 Å². The van der Waals surface area contributed by atoms with Gasteiger partial charge in [-0.15, -0.1) is 11.8 Å². The predicted molar refractivity (Wildman–Crippen MR) is 76.3 cm³/mol. The number of rotatable bonds is 4. The zero-order valence-electron chi connectivity index (χ0n) is 11.0. The topological polar surface area (TPSA) is 41.1 Å². The molecule has 0 bridgehead atoms. The van der Waals surface area contributed by atoms with Crippen molar-refractivity contribution in [3.63, 3.8) is 0 Å². The van der Waals surface area contributed by atoms with E-state index in [0.717, 1.165) is 35.5 Å². The second kappa shape index (κ2) is 6.25. The fraction of sp³-hybridized carbons (Fsp3) is 0.500. The Morgan fingerprint density at radius 2 is 2.39 bits per heavy atom. The summed E-state index contributed by atoms with van der Waals surface area (Å²) in [5, 5.41) is 6.40. The van der Waals surface area contributed by atoms with E-state index in [1.54, 1.807) is 11.8 Å². The summed E-state index contributed by atoms with van der Waals surface area (Å²) in [5.41, 5.74) is 1.82. The van der Waals surface area contributed by atoms with Gasteiger partial charge in [0.2, 0.25) is 0 Å². The van der Waals surface area contributed by atoms with Gasteiger partial charge in [0.15, 0.2) is 0 Å². The first kappa shape index (κ1) is 13.4. The fourth-order valence-electron chi connectivity index (χ4n) is 2.21. The van der Waals surface area contributed by atoms with Crippen LogP contribution in [0.5, 0.6) is 0 Å². The molecule has 0 aromatic heterocycles. The van der Waals surface area contributed by atoms with Gasteiger partial charge in [-0.2, -0.15) is 0 Å². The molecule has 2 N–H and O–H groups in total. The summed E-state index contributed by atoms with van der Waals surface area (Å²) < 4.78 is 0. The van der Waals surface area contributed by atoms with Crippen molar-refractivity contribution in [2.75, 3.05) is 19.3 Å². The third-order valence-corrected chi connectivity index (χ3v) is 4.09. The highest BCUT2D eigenvalue weighted by molar-refractivity contribution is 7.98. The van der Waals surface area contributed by atoms with Crippen molar-refractivity contribution in [1.82, 2.24) is 10.6 Å². The Kier molecular flexibility index (Phi) is 4.66. The monoisotopic (exact) mass is 264 g/mol. The van der Waals surface area contributed by atoms with Crippen LogP contribution >= 0.6 is 11.8 Å². The van der Waals surface area contributed by atoms with Crippen LogP contribution in [0, 0.1) is 6.92 Å². The molecule has 3 nitrogen and oxygen atoms in total. The van der Waals surface area contributed by atoms with Crippen molar-refractivity contribution in [3.8, 4) is 0 Å². The number of benzene rings is 1. The average molecular weight is 264 g/mol. The molecular formula is C14H20N2OS. The molecule has 0 spiro atoms. The number of thioether (sulfide) groups is 1. The summed E-state index contributed by atoms with van der Waals surface area (Å²) in [6.07, 6.45) is 4.39. The van der Waals surface area contributed by atoms with E-state index in [9.17, 15) is 4.79 Å². The molecule has 0 aliphatic carbocycles. The van der Waals surface area contributed by atoms with Crippen molar-refractivity contribution in [3.05, 3.63) is 29.3 Å². The Bertz CT molecular complexity index is 428. The van der Waals surface area contributed by atoms with E-state index in [0.29, 0.717) is 6.04 Å². The average Bonchev–Trinajstić information content (AvgIpc) is 2.89. The van der Waals surface area contributed by atoms with Crippen molar-refractivity contribution >= 4 is 17.7 Å². The van der Waals surface area contributed by atoms with Crippen LogP contribution in [0.4, 0.5) is 0 Å². The molecule has 98 valence electrons. The molecule has 1 saturated heterocycles. The standard InChI is InChI=1S/C14H20N2OS/c1-10-5-6-12(18-2)8-13(10)14(17)16-9-11-4-3-7-15-11/h5-6,8,11,15H,3-4,7,9H2,1-2H3,(H,16,17). The first-order valence-corrected chi connectivity index (χ1v) is 7.59. The minimum absolute atomic E-state index is 0.0390. The Morgan fingerprint density at radius 1 is 1.56 bits per heavy atom. The Labute approximate surface area is 113 Å². The summed E-state index contributed by atoms with van der Waals surface area (Å²) in [4.78, 5) is 13.3. The van der Waals surface area contributed by atoms with Crippen LogP contribution in [0.3, 0.4) is 0 Å². The van der Waals surface area contributed by atoms with E-state index in [1.165, 1.54) is 6.42 Å². The lowest BCUT2D eigenvalue weighted by molar-refractivity contribution is 0.0949. The summed E-state index contributed by atoms with van der Waals surface area (Å²) in [6, 6.07) is 6.47. The second-order valence-corrected chi connectivity index (χ2v) is 5.56. The van der Waals surface area contributed by atoms with E-state index in [2.05, 4.69) is 16.7 Å². The number of nitrogens with one attached hydrogen (secondary N) is 2. The predicted octanol–water partition coefficient (Wildman–Crippen LogP) is 2.20. The van der Waals surface area contributed by atoms with Gasteiger partial charge in [0, 0.05) is 23.0 Å². The molecule has 1 aromatic rings. The lowest BCUT2D eigenvalue weighted by Crippen LogP contribution is -2.37. The normalized spacial score (nSPS) is 18.9. The lowest BCUT2D eigenvalue weighted by atomic mass is 10.1. The van der Waals surface area contributed by atoms with Gasteiger partial charge < -0.3 is 10.6 Å². The van der Waals surface area contributed by atoms with Gasteiger partial charge in [-0.3, -0.25) is 4.79 Å². The number of hydrogen-bond donors (Lipinski definition) is 2. The summed E-state index contributed by atoms with van der Waals surface area (Å²) in [6.45, 7) is 3.77. The van der Waals surface area contributed by atoms with E-state index in [4.69, 9.17) is 0 Å². The highest BCUT2D eigenvalue weighted by Gasteiger charge is 2.16. The largest absolute Gasteiger partial charge is 0.350 e. The van der Waals surface area contributed by atoms with E-state index >= 15 is 0 Å². The van der Waals surface area contributed by atoms with E-state index < -0.39 is 0 Å². The van der Waals surface area contributed by atoms with Crippen LogP contribution in [0.25, 0.3) is 0 Å². The Hall–Kier alpha value is -1.00. The van der Waals surface area contributed by atoms with Gasteiger partial charge in [0.25, 0.3) is 5.91 Å². The molecule has 1 atom stereocenters. The van der Waals surface area contributed by atoms with Crippen LogP contribution in [0.15, 0.2) is 23.1 Å².